The van der Waals surface area contributed by atoms with E-state index in [2.05, 4.69) is 32.0 Å². The first-order valence-electron chi connectivity index (χ1n) is 10.3. The maximum Gasteiger partial charge on any atom is 0.271 e. The number of hydrogen-bond donors (Lipinski definition) is 2. The van der Waals surface area contributed by atoms with Gasteiger partial charge in [-0.05, 0) is 51.8 Å². The molecule has 2 aliphatic heterocycles. The molecule has 28 heavy (non-hydrogen) atoms. The van der Waals surface area contributed by atoms with Crippen LogP contribution in [0.2, 0.25) is 0 Å². The number of aromatic nitrogens is 4. The first-order chi connectivity index (χ1) is 13.6. The van der Waals surface area contributed by atoms with Crippen molar-refractivity contribution < 1.29 is 9.53 Å². The van der Waals surface area contributed by atoms with E-state index in [9.17, 15) is 4.79 Å². The third-order valence-electron chi connectivity index (χ3n) is 5.85. The molecule has 1 saturated heterocycles. The summed E-state index contributed by atoms with van der Waals surface area (Å²) in [6.07, 6.45) is 3.15. The number of ether oxygens (including phenoxy) is 1. The van der Waals surface area contributed by atoms with E-state index in [4.69, 9.17) is 9.84 Å². The van der Waals surface area contributed by atoms with Crippen LogP contribution in [0.25, 0.3) is 0 Å². The van der Waals surface area contributed by atoms with E-state index in [-0.39, 0.29) is 5.91 Å². The Balaban J connectivity index is 1.27. The number of amides is 1. The molecule has 4 rings (SSSR count). The lowest BCUT2D eigenvalue weighted by Gasteiger charge is -2.31. The van der Waals surface area contributed by atoms with Crippen molar-refractivity contribution in [2.24, 2.45) is 5.92 Å². The molecule has 8 heteroatoms. The third kappa shape index (κ3) is 4.12. The molecule has 2 aliphatic rings. The highest BCUT2D eigenvalue weighted by atomic mass is 16.5. The van der Waals surface area contributed by atoms with Crippen LogP contribution in [0.1, 0.15) is 52.9 Å². The minimum absolute atomic E-state index is 0.0940. The molecule has 1 fully saturated rings. The van der Waals surface area contributed by atoms with Crippen molar-refractivity contribution in [2.45, 2.75) is 52.8 Å². The molecule has 2 N–H and O–H groups in total. The van der Waals surface area contributed by atoms with E-state index in [1.165, 1.54) is 17.0 Å². The van der Waals surface area contributed by atoms with E-state index in [0.717, 1.165) is 57.7 Å². The highest BCUT2D eigenvalue weighted by Crippen LogP contribution is 2.24. The number of aromatic amines is 1. The summed E-state index contributed by atoms with van der Waals surface area (Å²) >= 11 is 0. The fourth-order valence-corrected chi connectivity index (χ4v) is 4.19. The van der Waals surface area contributed by atoms with E-state index < -0.39 is 0 Å². The fourth-order valence-electron chi connectivity index (χ4n) is 4.19. The summed E-state index contributed by atoms with van der Waals surface area (Å²) < 4.78 is 7.82. The van der Waals surface area contributed by atoms with Crippen LogP contribution in [0, 0.1) is 12.8 Å². The molecule has 2 aromatic heterocycles. The summed E-state index contributed by atoms with van der Waals surface area (Å²) in [5.41, 5.74) is 5.20. The maximum atomic E-state index is 12.1. The second-order valence-corrected chi connectivity index (χ2v) is 7.86. The smallest absolute Gasteiger partial charge is 0.271 e. The SMILES string of the molecule is CCn1nc(CN2CCC(CNC(=O)c3cc(C)[nH]n3)CC2)c2c1CCOC2. The van der Waals surface area contributed by atoms with Crippen molar-refractivity contribution in [3.05, 3.63) is 34.4 Å². The predicted molar refractivity (Wildman–Crippen MR) is 105 cm³/mol. The molecule has 0 bridgehead atoms. The van der Waals surface area contributed by atoms with Gasteiger partial charge in [0, 0.05) is 43.0 Å². The lowest BCUT2D eigenvalue weighted by molar-refractivity contribution is 0.0929. The topological polar surface area (TPSA) is 88.1 Å². The van der Waals surface area contributed by atoms with Crippen molar-refractivity contribution in [1.82, 2.24) is 30.2 Å². The van der Waals surface area contributed by atoms with Gasteiger partial charge < -0.3 is 10.1 Å². The third-order valence-corrected chi connectivity index (χ3v) is 5.85. The number of fused-ring (bicyclic) bond motifs is 1. The first-order valence-corrected chi connectivity index (χ1v) is 10.3. The van der Waals surface area contributed by atoms with E-state index in [1.54, 1.807) is 6.07 Å². The largest absolute Gasteiger partial charge is 0.376 e. The van der Waals surface area contributed by atoms with Crippen LogP contribution in [-0.4, -0.2) is 57.0 Å². The van der Waals surface area contributed by atoms with E-state index >= 15 is 0 Å². The Morgan fingerprint density at radius 1 is 1.39 bits per heavy atom. The van der Waals surface area contributed by atoms with Crippen LogP contribution in [0.4, 0.5) is 0 Å². The predicted octanol–water partition coefficient (Wildman–Crippen LogP) is 1.65. The molecule has 1 amide bonds. The standard InChI is InChI=1S/C20H30N6O2/c1-3-26-19-6-9-28-13-16(19)18(24-26)12-25-7-4-15(5-8-25)11-21-20(27)17-10-14(2)22-23-17/h10,15H,3-9,11-13H2,1-2H3,(H,21,27)(H,22,23). The van der Waals surface area contributed by atoms with Crippen molar-refractivity contribution in [3.8, 4) is 0 Å². The molecular formula is C20H30N6O2. The highest BCUT2D eigenvalue weighted by molar-refractivity contribution is 5.92. The van der Waals surface area contributed by atoms with Gasteiger partial charge in [-0.25, -0.2) is 0 Å². The molecule has 0 saturated carbocycles. The molecule has 0 atom stereocenters. The zero-order valence-electron chi connectivity index (χ0n) is 16.8. The van der Waals surface area contributed by atoms with Crippen LogP contribution in [0.15, 0.2) is 6.07 Å². The lowest BCUT2D eigenvalue weighted by atomic mass is 9.96. The van der Waals surface area contributed by atoms with E-state index in [1.807, 2.05) is 6.92 Å². The first kappa shape index (κ1) is 19.1. The summed E-state index contributed by atoms with van der Waals surface area (Å²) in [4.78, 5) is 14.6. The Kier molecular flexibility index (Phi) is 5.77. The van der Waals surface area contributed by atoms with Crippen molar-refractivity contribution in [1.29, 1.82) is 0 Å². The van der Waals surface area contributed by atoms with Crippen molar-refractivity contribution in [3.63, 3.8) is 0 Å². The Bertz CT molecular complexity index is 819. The minimum Gasteiger partial charge on any atom is -0.376 e. The number of H-pyrrole nitrogens is 1. The van der Waals surface area contributed by atoms with Gasteiger partial charge in [0.2, 0.25) is 0 Å². The molecule has 8 nitrogen and oxygen atoms in total. The molecule has 4 heterocycles. The number of carbonyl (C=O) groups excluding carboxylic acids is 1. The number of carbonyl (C=O) groups is 1. The number of aryl methyl sites for hydroxylation is 2. The van der Waals surface area contributed by atoms with Crippen LogP contribution < -0.4 is 5.32 Å². The monoisotopic (exact) mass is 386 g/mol. The minimum atomic E-state index is -0.0940. The van der Waals surface area contributed by atoms with Gasteiger partial charge in [0.15, 0.2) is 0 Å². The van der Waals surface area contributed by atoms with Crippen LogP contribution in [0.5, 0.6) is 0 Å². The fraction of sp³-hybridized carbons (Fsp3) is 0.650. The number of likely N-dealkylation sites (tertiary alicyclic amines) is 1. The van der Waals surface area contributed by atoms with Gasteiger partial charge in [0.1, 0.15) is 5.69 Å². The zero-order valence-corrected chi connectivity index (χ0v) is 16.8. The second-order valence-electron chi connectivity index (χ2n) is 7.86. The van der Waals surface area contributed by atoms with Gasteiger partial charge in [-0.3, -0.25) is 19.5 Å². The summed E-state index contributed by atoms with van der Waals surface area (Å²) in [6, 6.07) is 1.78. The van der Waals surface area contributed by atoms with Gasteiger partial charge in [-0.2, -0.15) is 10.2 Å². The average molecular weight is 387 g/mol. The van der Waals surface area contributed by atoms with Crippen molar-refractivity contribution >= 4 is 5.91 Å². The van der Waals surface area contributed by atoms with Gasteiger partial charge >= 0.3 is 0 Å². The number of hydrogen-bond acceptors (Lipinski definition) is 5. The van der Waals surface area contributed by atoms with E-state index in [0.29, 0.717) is 24.8 Å². The van der Waals surface area contributed by atoms with Crippen molar-refractivity contribution in [2.75, 3.05) is 26.2 Å². The van der Waals surface area contributed by atoms with Crippen LogP contribution >= 0.6 is 0 Å². The maximum absolute atomic E-state index is 12.1. The Morgan fingerprint density at radius 3 is 2.93 bits per heavy atom. The summed E-state index contributed by atoms with van der Waals surface area (Å²) in [6.45, 7) is 10.1. The number of rotatable bonds is 6. The van der Waals surface area contributed by atoms with Gasteiger partial charge in [-0.1, -0.05) is 0 Å². The van der Waals surface area contributed by atoms with Gasteiger partial charge in [-0.15, -0.1) is 0 Å². The highest BCUT2D eigenvalue weighted by Gasteiger charge is 2.25. The molecule has 0 aromatic carbocycles. The molecule has 2 aromatic rings. The molecule has 0 radical (unpaired) electrons. The summed E-state index contributed by atoms with van der Waals surface area (Å²) in [5.74, 6) is 0.425. The Morgan fingerprint density at radius 2 is 2.21 bits per heavy atom. The Hall–Kier alpha value is -2.19. The summed E-state index contributed by atoms with van der Waals surface area (Å²) in [7, 11) is 0. The average Bonchev–Trinajstić information content (AvgIpc) is 3.31. The second kappa shape index (κ2) is 8.45. The molecule has 152 valence electrons. The molecular weight excluding hydrogens is 356 g/mol. The zero-order chi connectivity index (χ0) is 19.5. The molecule has 0 unspecified atom stereocenters. The van der Waals surface area contributed by atoms with Gasteiger partial charge in [0.05, 0.1) is 18.9 Å². The number of nitrogens with one attached hydrogen (secondary N) is 2. The number of nitrogens with zero attached hydrogens (tertiary/aromatic N) is 4. The molecule has 0 aliphatic carbocycles. The Labute approximate surface area is 165 Å². The normalized spacial score (nSPS) is 18.2. The van der Waals surface area contributed by atoms with Crippen LogP contribution in [-0.2, 0) is 30.9 Å². The number of piperidine rings is 1. The summed E-state index contributed by atoms with van der Waals surface area (Å²) in [5, 5.41) is 14.7. The van der Waals surface area contributed by atoms with Crippen LogP contribution in [0.3, 0.4) is 0 Å². The van der Waals surface area contributed by atoms with Gasteiger partial charge in [0.25, 0.3) is 5.91 Å². The quantitative estimate of drug-likeness (QED) is 0.788. The molecule has 0 spiro atoms. The lowest BCUT2D eigenvalue weighted by Crippen LogP contribution is -2.38.